The van der Waals surface area contributed by atoms with Crippen molar-refractivity contribution in [2.24, 2.45) is 17.8 Å². The molecule has 0 bridgehead atoms. The molecule has 2 amide bonds. The van der Waals surface area contributed by atoms with Crippen LogP contribution in [0.4, 0.5) is 0 Å². The summed E-state index contributed by atoms with van der Waals surface area (Å²) < 4.78 is 0. The number of hydrogen-bond acceptors (Lipinski definition) is 4. The number of H-pyrrole nitrogens is 1. The van der Waals surface area contributed by atoms with Crippen LogP contribution in [0.2, 0.25) is 0 Å². The third-order valence-corrected chi connectivity index (χ3v) is 8.47. The standard InChI is InChI=1S/C29H38N4O3/c1-19-14-26(34)30-20(2)27(19)29(36)33-17-23-15-32(16-24(23)18-33)13-12-25(21-8-4-3-5-9-21)31-28(35)22-10-6-7-11-22/h3-5,8-9,14,22-25H,6-7,10-13,15-18H2,1-2H3,(H,30,34)(H,31,35)/t23-,24+,25-/m0/s1. The minimum Gasteiger partial charge on any atom is -0.349 e. The Labute approximate surface area is 213 Å². The molecule has 192 valence electrons. The number of aromatic nitrogens is 1. The number of aromatic amines is 1. The molecule has 36 heavy (non-hydrogen) atoms. The predicted octanol–water partition coefficient (Wildman–Crippen LogP) is 3.43. The Morgan fingerprint density at radius 3 is 2.33 bits per heavy atom. The van der Waals surface area contributed by atoms with Crippen LogP contribution >= 0.6 is 0 Å². The maximum atomic E-state index is 13.2. The van der Waals surface area contributed by atoms with Gasteiger partial charge in [0.25, 0.3) is 5.91 Å². The van der Waals surface area contributed by atoms with Crippen LogP contribution < -0.4 is 10.9 Å². The van der Waals surface area contributed by atoms with E-state index in [1.165, 1.54) is 11.6 Å². The van der Waals surface area contributed by atoms with Crippen molar-refractivity contribution < 1.29 is 9.59 Å². The monoisotopic (exact) mass is 490 g/mol. The second-order valence-corrected chi connectivity index (χ2v) is 11.0. The highest BCUT2D eigenvalue weighted by molar-refractivity contribution is 5.96. The molecule has 1 saturated carbocycles. The maximum absolute atomic E-state index is 13.2. The zero-order chi connectivity index (χ0) is 25.2. The van der Waals surface area contributed by atoms with Crippen LogP contribution in [-0.4, -0.2) is 59.3 Å². The number of likely N-dealkylation sites (tertiary alicyclic amines) is 2. The van der Waals surface area contributed by atoms with E-state index in [1.807, 2.05) is 30.0 Å². The lowest BCUT2D eigenvalue weighted by molar-refractivity contribution is -0.125. The number of fused-ring (bicyclic) bond motifs is 1. The van der Waals surface area contributed by atoms with Crippen LogP contribution in [0.1, 0.15) is 65.3 Å². The van der Waals surface area contributed by atoms with Crippen LogP contribution in [0.15, 0.2) is 41.2 Å². The van der Waals surface area contributed by atoms with E-state index in [0.717, 1.165) is 70.4 Å². The first kappa shape index (κ1) is 24.8. The van der Waals surface area contributed by atoms with Crippen LogP contribution in [0, 0.1) is 31.6 Å². The molecule has 3 heterocycles. The molecule has 2 N–H and O–H groups in total. The Hall–Kier alpha value is -2.93. The van der Waals surface area contributed by atoms with Crippen molar-refractivity contribution in [1.29, 1.82) is 0 Å². The summed E-state index contributed by atoms with van der Waals surface area (Å²) in [6.07, 6.45) is 5.23. The molecule has 0 spiro atoms. The molecule has 3 fully saturated rings. The van der Waals surface area contributed by atoms with Crippen molar-refractivity contribution in [3.05, 3.63) is 69.1 Å². The lowest BCUT2D eigenvalue weighted by Gasteiger charge is -2.26. The Kier molecular flexibility index (Phi) is 7.28. The summed E-state index contributed by atoms with van der Waals surface area (Å²) in [7, 11) is 0. The van der Waals surface area contributed by atoms with Gasteiger partial charge in [-0.3, -0.25) is 14.4 Å². The molecule has 2 aliphatic heterocycles. The highest BCUT2D eigenvalue weighted by Gasteiger charge is 2.42. The largest absolute Gasteiger partial charge is 0.349 e. The SMILES string of the molecule is Cc1cc(=O)[nH]c(C)c1C(=O)N1C[C@H]2CN(CC[C@H](NC(=O)C3CCCC3)c3ccccc3)C[C@H]2C1. The van der Waals surface area contributed by atoms with Crippen molar-refractivity contribution >= 4 is 11.8 Å². The Bertz CT molecular complexity index is 1110. The van der Waals surface area contributed by atoms with E-state index in [9.17, 15) is 14.4 Å². The van der Waals surface area contributed by atoms with Crippen LogP contribution in [0.25, 0.3) is 0 Å². The van der Waals surface area contributed by atoms with E-state index in [-0.39, 0.29) is 29.3 Å². The van der Waals surface area contributed by atoms with Crippen molar-refractivity contribution in [2.45, 2.75) is 52.0 Å². The molecular weight excluding hydrogens is 452 g/mol. The summed E-state index contributed by atoms with van der Waals surface area (Å²) in [6.45, 7) is 8.06. The van der Waals surface area contributed by atoms with Gasteiger partial charge in [-0.05, 0) is 56.1 Å². The van der Waals surface area contributed by atoms with Gasteiger partial charge in [0.15, 0.2) is 0 Å². The van der Waals surface area contributed by atoms with Crippen LogP contribution in [-0.2, 0) is 4.79 Å². The first-order valence-corrected chi connectivity index (χ1v) is 13.5. The number of nitrogens with zero attached hydrogens (tertiary/aromatic N) is 2. The zero-order valence-electron chi connectivity index (χ0n) is 21.5. The Morgan fingerprint density at radius 1 is 1.03 bits per heavy atom. The molecule has 7 heteroatoms. The van der Waals surface area contributed by atoms with Gasteiger partial charge in [-0.25, -0.2) is 0 Å². The summed E-state index contributed by atoms with van der Waals surface area (Å²) in [5.41, 5.74) is 3.03. The summed E-state index contributed by atoms with van der Waals surface area (Å²) in [5.74, 6) is 1.35. The lowest BCUT2D eigenvalue weighted by Crippen LogP contribution is -2.37. The van der Waals surface area contributed by atoms with Gasteiger partial charge in [-0.1, -0.05) is 43.2 Å². The minimum atomic E-state index is -0.163. The van der Waals surface area contributed by atoms with E-state index < -0.39 is 0 Å². The Balaban J connectivity index is 1.17. The molecular formula is C29H38N4O3. The number of nitrogens with one attached hydrogen (secondary N) is 2. The van der Waals surface area contributed by atoms with Gasteiger partial charge < -0.3 is 20.1 Å². The van der Waals surface area contributed by atoms with Crippen molar-refractivity contribution in [1.82, 2.24) is 20.1 Å². The second kappa shape index (κ2) is 10.6. The summed E-state index contributed by atoms with van der Waals surface area (Å²) in [4.78, 5) is 45.1. The van der Waals surface area contributed by atoms with Gasteiger partial charge in [0, 0.05) is 50.4 Å². The van der Waals surface area contributed by atoms with Gasteiger partial charge in [0.2, 0.25) is 11.5 Å². The van der Waals surface area contributed by atoms with Gasteiger partial charge in [-0.2, -0.15) is 0 Å². The lowest BCUT2D eigenvalue weighted by atomic mass is 10.0. The molecule has 1 aromatic heterocycles. The summed E-state index contributed by atoms with van der Waals surface area (Å²) >= 11 is 0. The summed E-state index contributed by atoms with van der Waals surface area (Å²) in [5, 5.41) is 3.36. The molecule has 1 aromatic carbocycles. The molecule has 5 rings (SSSR count). The molecule has 3 aliphatic rings. The van der Waals surface area contributed by atoms with Crippen molar-refractivity contribution in [3.8, 4) is 0 Å². The molecule has 2 aromatic rings. The number of pyridine rings is 1. The van der Waals surface area contributed by atoms with E-state index in [0.29, 0.717) is 23.1 Å². The number of aryl methyl sites for hydroxylation is 2. The zero-order valence-corrected chi connectivity index (χ0v) is 21.5. The van der Waals surface area contributed by atoms with Gasteiger partial charge in [-0.15, -0.1) is 0 Å². The molecule has 2 saturated heterocycles. The second-order valence-electron chi connectivity index (χ2n) is 11.0. The van der Waals surface area contributed by atoms with Crippen molar-refractivity contribution in [2.75, 3.05) is 32.7 Å². The third kappa shape index (κ3) is 5.26. The first-order chi connectivity index (χ1) is 17.4. The average molecular weight is 491 g/mol. The fourth-order valence-corrected chi connectivity index (χ4v) is 6.57. The predicted molar refractivity (Wildman–Crippen MR) is 140 cm³/mol. The number of benzene rings is 1. The van der Waals surface area contributed by atoms with Crippen molar-refractivity contribution in [3.63, 3.8) is 0 Å². The van der Waals surface area contributed by atoms with Crippen LogP contribution in [0.5, 0.6) is 0 Å². The van der Waals surface area contributed by atoms with Crippen LogP contribution in [0.3, 0.4) is 0 Å². The number of rotatable bonds is 7. The smallest absolute Gasteiger partial charge is 0.255 e. The Morgan fingerprint density at radius 2 is 1.69 bits per heavy atom. The molecule has 7 nitrogen and oxygen atoms in total. The highest BCUT2D eigenvalue weighted by Crippen LogP contribution is 2.33. The van der Waals surface area contributed by atoms with E-state index >= 15 is 0 Å². The molecule has 3 atom stereocenters. The van der Waals surface area contributed by atoms with Gasteiger partial charge in [0.1, 0.15) is 0 Å². The van der Waals surface area contributed by atoms with E-state index in [4.69, 9.17) is 0 Å². The topological polar surface area (TPSA) is 85.5 Å². The molecule has 0 unspecified atom stereocenters. The van der Waals surface area contributed by atoms with E-state index in [2.05, 4.69) is 27.3 Å². The number of carbonyl (C=O) groups excluding carboxylic acids is 2. The fourth-order valence-electron chi connectivity index (χ4n) is 6.57. The van der Waals surface area contributed by atoms with Gasteiger partial charge >= 0.3 is 0 Å². The molecule has 0 radical (unpaired) electrons. The number of hydrogen-bond donors (Lipinski definition) is 2. The van der Waals surface area contributed by atoms with E-state index in [1.54, 1.807) is 6.92 Å². The molecule has 1 aliphatic carbocycles. The number of carbonyl (C=O) groups is 2. The quantitative estimate of drug-likeness (QED) is 0.623. The first-order valence-electron chi connectivity index (χ1n) is 13.5. The normalized spacial score (nSPS) is 23.1. The van der Waals surface area contributed by atoms with Gasteiger partial charge in [0.05, 0.1) is 11.6 Å². The third-order valence-electron chi connectivity index (χ3n) is 8.47. The minimum absolute atomic E-state index is 0.0287. The highest BCUT2D eigenvalue weighted by atomic mass is 16.2. The average Bonchev–Trinajstić information content (AvgIpc) is 3.58. The number of amides is 2. The summed E-state index contributed by atoms with van der Waals surface area (Å²) in [6, 6.07) is 11.9. The fraction of sp³-hybridized carbons (Fsp3) is 0.552. The maximum Gasteiger partial charge on any atom is 0.255 e.